The number of benzene rings is 2. The van der Waals surface area contributed by atoms with Crippen molar-refractivity contribution in [3.63, 3.8) is 0 Å². The summed E-state index contributed by atoms with van der Waals surface area (Å²) in [6.07, 6.45) is -4.20. The molecule has 162 valence electrons. The molecule has 0 amide bonds. The van der Waals surface area contributed by atoms with Gasteiger partial charge in [-0.15, -0.1) is 13.2 Å². The molecule has 0 fully saturated rings. The number of ether oxygens (including phenoxy) is 1. The van der Waals surface area contributed by atoms with Crippen LogP contribution in [-0.2, 0) is 0 Å². The van der Waals surface area contributed by atoms with Gasteiger partial charge in [-0.25, -0.2) is 10.4 Å². The van der Waals surface area contributed by atoms with Gasteiger partial charge in [0, 0.05) is 23.3 Å². The maximum atomic E-state index is 12.6. The number of alkyl halides is 3. The van der Waals surface area contributed by atoms with Crippen LogP contribution < -0.4 is 15.7 Å². The van der Waals surface area contributed by atoms with E-state index in [2.05, 4.69) is 25.2 Å². The van der Waals surface area contributed by atoms with Gasteiger partial charge in [0.25, 0.3) is 11.2 Å². The molecule has 0 spiro atoms. The van der Waals surface area contributed by atoms with Crippen molar-refractivity contribution < 1.29 is 22.8 Å². The van der Waals surface area contributed by atoms with Crippen LogP contribution in [0, 0.1) is 21.4 Å². The molecule has 1 aromatic heterocycles. The summed E-state index contributed by atoms with van der Waals surface area (Å²) in [6, 6.07) is 12.5. The zero-order chi connectivity index (χ0) is 23.3. The molecule has 10 nitrogen and oxygen atoms in total. The number of hydrazone groups is 1. The minimum absolute atomic E-state index is 0.0611. The molecule has 0 aliphatic carbocycles. The topological polar surface area (TPSA) is 146 Å². The average molecular weight is 444 g/mol. The molecule has 2 aromatic carbocycles. The van der Waals surface area contributed by atoms with Gasteiger partial charge in [0.1, 0.15) is 17.4 Å². The molecule has 0 aliphatic rings. The Balaban J connectivity index is 1.95. The SMILES string of the molecule is N#Cc1c(-c2ccccc2)nc(NN=Cc2cc([N+](=O)[O-])ccc2OC(F)(F)F)[nH]c1=O. The maximum Gasteiger partial charge on any atom is 0.573 e. The number of nitrogens with one attached hydrogen (secondary N) is 2. The van der Waals surface area contributed by atoms with Crippen LogP contribution in [0.1, 0.15) is 11.1 Å². The van der Waals surface area contributed by atoms with Crippen LogP contribution in [0.5, 0.6) is 5.75 Å². The van der Waals surface area contributed by atoms with Crippen molar-refractivity contribution in [1.29, 1.82) is 5.26 Å². The molecule has 0 unspecified atom stereocenters. The Hall–Kier alpha value is -4.73. The fraction of sp³-hybridized carbons (Fsp3) is 0.0526. The summed E-state index contributed by atoms with van der Waals surface area (Å²) in [4.78, 5) is 28.7. The van der Waals surface area contributed by atoms with Crippen molar-refractivity contribution in [2.75, 3.05) is 5.43 Å². The van der Waals surface area contributed by atoms with Crippen LogP contribution in [0.2, 0.25) is 0 Å². The molecule has 0 saturated heterocycles. The third kappa shape index (κ3) is 5.25. The van der Waals surface area contributed by atoms with E-state index in [1.54, 1.807) is 36.4 Å². The van der Waals surface area contributed by atoms with Gasteiger partial charge in [-0.1, -0.05) is 30.3 Å². The van der Waals surface area contributed by atoms with Gasteiger partial charge in [0.05, 0.1) is 16.8 Å². The number of nitro groups is 1. The van der Waals surface area contributed by atoms with Crippen LogP contribution in [0.25, 0.3) is 11.3 Å². The van der Waals surface area contributed by atoms with E-state index < -0.39 is 28.3 Å². The van der Waals surface area contributed by atoms with Crippen LogP contribution >= 0.6 is 0 Å². The van der Waals surface area contributed by atoms with Gasteiger partial charge < -0.3 is 4.74 Å². The number of non-ortho nitro benzene ring substituents is 1. The summed E-state index contributed by atoms with van der Waals surface area (Å²) in [5.74, 6) is -0.937. The number of nitriles is 1. The predicted octanol–water partition coefficient (Wildman–Crippen LogP) is 3.56. The Morgan fingerprint density at radius 3 is 2.59 bits per heavy atom. The third-order valence-electron chi connectivity index (χ3n) is 3.88. The van der Waals surface area contributed by atoms with Crippen molar-refractivity contribution >= 4 is 17.9 Å². The molecule has 0 atom stereocenters. The molecule has 0 aliphatic heterocycles. The Morgan fingerprint density at radius 2 is 1.97 bits per heavy atom. The number of anilines is 1. The van der Waals surface area contributed by atoms with E-state index in [0.29, 0.717) is 5.56 Å². The second kappa shape index (κ2) is 8.96. The Morgan fingerprint density at radius 1 is 1.25 bits per heavy atom. The Bertz CT molecular complexity index is 1280. The first-order chi connectivity index (χ1) is 15.2. The molecule has 3 rings (SSSR count). The number of rotatable bonds is 6. The lowest BCUT2D eigenvalue weighted by Crippen LogP contribution is -2.18. The molecule has 0 bridgehead atoms. The minimum atomic E-state index is -5.03. The van der Waals surface area contributed by atoms with Crippen LogP contribution in [-0.4, -0.2) is 27.5 Å². The van der Waals surface area contributed by atoms with Crippen molar-refractivity contribution in [2.24, 2.45) is 5.10 Å². The van der Waals surface area contributed by atoms with Crippen molar-refractivity contribution in [1.82, 2.24) is 9.97 Å². The van der Waals surface area contributed by atoms with E-state index in [1.165, 1.54) is 0 Å². The highest BCUT2D eigenvalue weighted by Gasteiger charge is 2.32. The molecule has 0 radical (unpaired) electrons. The van der Waals surface area contributed by atoms with Gasteiger partial charge in [0.2, 0.25) is 5.95 Å². The normalized spacial score (nSPS) is 11.2. The number of H-pyrrole nitrogens is 1. The smallest absolute Gasteiger partial charge is 0.405 e. The summed E-state index contributed by atoms with van der Waals surface area (Å²) in [5.41, 5.74) is 0.996. The van der Waals surface area contributed by atoms with E-state index in [9.17, 15) is 33.3 Å². The van der Waals surface area contributed by atoms with Gasteiger partial charge in [0.15, 0.2) is 0 Å². The van der Waals surface area contributed by atoms with Gasteiger partial charge in [-0.2, -0.15) is 10.4 Å². The molecule has 3 aromatic rings. The molecular formula is C19H11F3N6O4. The summed E-state index contributed by atoms with van der Waals surface area (Å²) < 4.78 is 41.6. The van der Waals surface area contributed by atoms with Gasteiger partial charge in [-0.05, 0) is 6.07 Å². The zero-order valence-corrected chi connectivity index (χ0v) is 15.8. The van der Waals surface area contributed by atoms with Crippen LogP contribution in [0.3, 0.4) is 0 Å². The monoisotopic (exact) mass is 444 g/mol. The number of aromatic amines is 1. The number of halogens is 3. The molecule has 32 heavy (non-hydrogen) atoms. The molecule has 2 N–H and O–H groups in total. The first-order valence-corrected chi connectivity index (χ1v) is 8.61. The zero-order valence-electron chi connectivity index (χ0n) is 15.8. The number of hydrogen-bond donors (Lipinski definition) is 2. The summed E-state index contributed by atoms with van der Waals surface area (Å²) in [6.45, 7) is 0. The average Bonchev–Trinajstić information content (AvgIpc) is 2.74. The number of nitro benzene ring substituents is 1. The highest BCUT2D eigenvalue weighted by atomic mass is 19.4. The largest absolute Gasteiger partial charge is 0.573 e. The molecule has 0 saturated carbocycles. The van der Waals surface area contributed by atoms with Crippen molar-refractivity contribution in [2.45, 2.75) is 6.36 Å². The molecular weight excluding hydrogens is 433 g/mol. The fourth-order valence-corrected chi connectivity index (χ4v) is 2.57. The van der Waals surface area contributed by atoms with Gasteiger partial charge >= 0.3 is 6.36 Å². The first kappa shape index (κ1) is 22.0. The van der Waals surface area contributed by atoms with E-state index >= 15 is 0 Å². The minimum Gasteiger partial charge on any atom is -0.405 e. The number of hydrogen-bond acceptors (Lipinski definition) is 8. The lowest BCUT2D eigenvalue weighted by atomic mass is 10.1. The van der Waals surface area contributed by atoms with Gasteiger partial charge in [-0.3, -0.25) is 19.9 Å². The lowest BCUT2D eigenvalue weighted by molar-refractivity contribution is -0.385. The molecule has 1 heterocycles. The van der Waals surface area contributed by atoms with Crippen molar-refractivity contribution in [3.8, 4) is 23.1 Å². The third-order valence-corrected chi connectivity index (χ3v) is 3.88. The van der Waals surface area contributed by atoms with Crippen LogP contribution in [0.15, 0.2) is 58.4 Å². The number of aromatic nitrogens is 2. The predicted molar refractivity (Wildman–Crippen MR) is 106 cm³/mol. The Labute approximate surface area is 176 Å². The lowest BCUT2D eigenvalue weighted by Gasteiger charge is -2.11. The highest BCUT2D eigenvalue weighted by Crippen LogP contribution is 2.28. The summed E-state index contributed by atoms with van der Waals surface area (Å²) >= 11 is 0. The second-order valence-electron chi connectivity index (χ2n) is 6.01. The molecule has 13 heteroatoms. The maximum absolute atomic E-state index is 12.6. The van der Waals surface area contributed by atoms with E-state index in [0.717, 1.165) is 24.4 Å². The van der Waals surface area contributed by atoms with Crippen molar-refractivity contribution in [3.05, 3.63) is 80.1 Å². The fourth-order valence-electron chi connectivity index (χ4n) is 2.57. The van der Waals surface area contributed by atoms with E-state index in [-0.39, 0.29) is 22.8 Å². The first-order valence-electron chi connectivity index (χ1n) is 8.61. The second-order valence-corrected chi connectivity index (χ2v) is 6.01. The quantitative estimate of drug-likeness (QED) is 0.336. The highest BCUT2D eigenvalue weighted by molar-refractivity contribution is 5.85. The van der Waals surface area contributed by atoms with E-state index in [4.69, 9.17) is 0 Å². The van der Waals surface area contributed by atoms with Crippen LogP contribution in [0.4, 0.5) is 24.8 Å². The Kier molecular flexibility index (Phi) is 6.15. The standard InChI is InChI=1S/C19H11F3N6O4/c20-19(21,22)32-15-7-6-13(28(30)31)8-12(15)10-24-27-18-25-16(11-4-2-1-3-5-11)14(9-23)17(29)26-18/h1-8,10H,(H2,25,26,27,29). The van der Waals surface area contributed by atoms with E-state index in [1.807, 2.05) is 0 Å². The summed E-state index contributed by atoms with van der Waals surface area (Å²) in [5, 5.41) is 23.8. The summed E-state index contributed by atoms with van der Waals surface area (Å²) in [7, 11) is 0. The number of nitrogens with zero attached hydrogens (tertiary/aromatic N) is 4.